The molecule has 20 heavy (non-hydrogen) atoms. The van der Waals surface area contributed by atoms with Crippen LogP contribution in [0.15, 0.2) is 21.9 Å². The fraction of sp³-hybridized carbons (Fsp3) is 0.333. The fourth-order valence-electron chi connectivity index (χ4n) is 1.89. The molecule has 2 rings (SSSR count). The highest BCUT2D eigenvalue weighted by molar-refractivity contribution is 8.13. The van der Waals surface area contributed by atoms with Gasteiger partial charge >= 0.3 is 0 Å². The topological polar surface area (TPSA) is 82.3 Å². The number of aromatic nitrogens is 2. The van der Waals surface area contributed by atoms with E-state index in [1.807, 2.05) is 0 Å². The standard InChI is InChI=1S/C12H13ClN2O4S/c1-7-4-10(20(13,16)17)8(2)9(3)12(7)18-5-11-14-6-19-15-11/h4,6H,5H2,1-3H3. The number of halogens is 1. The Morgan fingerprint density at radius 3 is 2.55 bits per heavy atom. The molecule has 2 aromatic rings. The Morgan fingerprint density at radius 1 is 1.30 bits per heavy atom. The first-order valence-corrected chi connectivity index (χ1v) is 8.05. The average molecular weight is 317 g/mol. The monoisotopic (exact) mass is 316 g/mol. The number of nitrogens with zero attached hydrogens (tertiary/aromatic N) is 2. The first kappa shape index (κ1) is 14.8. The molecule has 0 aliphatic heterocycles. The number of hydrogen-bond acceptors (Lipinski definition) is 6. The van der Waals surface area contributed by atoms with Gasteiger partial charge in [0.15, 0.2) is 6.61 Å². The smallest absolute Gasteiger partial charge is 0.261 e. The van der Waals surface area contributed by atoms with E-state index < -0.39 is 9.05 Å². The van der Waals surface area contributed by atoms with Crippen LogP contribution in [-0.2, 0) is 15.7 Å². The van der Waals surface area contributed by atoms with Crippen molar-refractivity contribution in [3.05, 3.63) is 35.0 Å². The van der Waals surface area contributed by atoms with Crippen LogP contribution in [-0.4, -0.2) is 18.6 Å². The molecule has 0 bridgehead atoms. The van der Waals surface area contributed by atoms with E-state index in [4.69, 9.17) is 15.4 Å². The van der Waals surface area contributed by atoms with Crippen molar-refractivity contribution in [2.24, 2.45) is 0 Å². The van der Waals surface area contributed by atoms with E-state index in [0.717, 1.165) is 0 Å². The van der Waals surface area contributed by atoms with Crippen molar-refractivity contribution >= 4 is 19.7 Å². The summed E-state index contributed by atoms with van der Waals surface area (Å²) in [6.07, 6.45) is 1.22. The molecule has 0 atom stereocenters. The molecule has 8 heteroatoms. The third-order valence-corrected chi connectivity index (χ3v) is 4.44. The minimum Gasteiger partial charge on any atom is -0.485 e. The van der Waals surface area contributed by atoms with Crippen molar-refractivity contribution in [1.29, 1.82) is 0 Å². The molecule has 1 aromatic carbocycles. The predicted molar refractivity (Wildman–Crippen MR) is 72.3 cm³/mol. The lowest BCUT2D eigenvalue weighted by molar-refractivity contribution is 0.282. The maximum Gasteiger partial charge on any atom is 0.261 e. The van der Waals surface area contributed by atoms with Gasteiger partial charge in [-0.2, -0.15) is 4.98 Å². The van der Waals surface area contributed by atoms with Gasteiger partial charge in [0.05, 0.1) is 4.90 Å². The normalized spacial score (nSPS) is 11.6. The Kier molecular flexibility index (Phi) is 4.01. The van der Waals surface area contributed by atoms with E-state index >= 15 is 0 Å². The predicted octanol–water partition coefficient (Wildman–Crippen LogP) is 2.50. The SMILES string of the molecule is Cc1cc(S(=O)(=O)Cl)c(C)c(C)c1OCc1ncon1. The van der Waals surface area contributed by atoms with Crippen LogP contribution in [0.3, 0.4) is 0 Å². The second-order valence-corrected chi connectivity index (χ2v) is 6.88. The fourth-order valence-corrected chi connectivity index (χ4v) is 3.21. The highest BCUT2D eigenvalue weighted by atomic mass is 35.7. The van der Waals surface area contributed by atoms with Crippen LogP contribution in [0.25, 0.3) is 0 Å². The molecular formula is C12H13ClN2O4S. The van der Waals surface area contributed by atoms with Crippen molar-refractivity contribution in [1.82, 2.24) is 10.1 Å². The summed E-state index contributed by atoms with van der Waals surface area (Å²) in [5.74, 6) is 1.01. The van der Waals surface area contributed by atoms with Crippen molar-refractivity contribution in [2.75, 3.05) is 0 Å². The quantitative estimate of drug-likeness (QED) is 0.806. The van der Waals surface area contributed by atoms with E-state index in [1.165, 1.54) is 12.5 Å². The Balaban J connectivity index is 2.38. The van der Waals surface area contributed by atoms with Gasteiger partial charge in [0.2, 0.25) is 12.2 Å². The van der Waals surface area contributed by atoms with Crippen LogP contribution in [0.1, 0.15) is 22.5 Å². The molecule has 108 valence electrons. The number of ether oxygens (including phenoxy) is 1. The van der Waals surface area contributed by atoms with Crippen LogP contribution in [0.5, 0.6) is 5.75 Å². The van der Waals surface area contributed by atoms with Crippen LogP contribution in [0.2, 0.25) is 0 Å². The summed E-state index contributed by atoms with van der Waals surface area (Å²) in [4.78, 5) is 3.95. The lowest BCUT2D eigenvalue weighted by atomic mass is 10.1. The molecule has 0 saturated carbocycles. The molecule has 0 saturated heterocycles. The maximum atomic E-state index is 11.5. The molecule has 1 heterocycles. The molecule has 0 radical (unpaired) electrons. The molecule has 0 aliphatic rings. The van der Waals surface area contributed by atoms with Crippen LogP contribution in [0.4, 0.5) is 0 Å². The molecule has 0 N–H and O–H groups in total. The molecule has 0 amide bonds. The third kappa shape index (κ3) is 2.94. The molecule has 6 nitrogen and oxygen atoms in total. The lowest BCUT2D eigenvalue weighted by Gasteiger charge is -2.15. The van der Waals surface area contributed by atoms with Gasteiger partial charge in [-0.1, -0.05) is 5.16 Å². The zero-order valence-corrected chi connectivity index (χ0v) is 12.7. The van der Waals surface area contributed by atoms with Gasteiger partial charge in [-0.05, 0) is 43.5 Å². The van der Waals surface area contributed by atoms with E-state index in [9.17, 15) is 8.42 Å². The van der Waals surface area contributed by atoms with E-state index in [2.05, 4.69) is 14.7 Å². The van der Waals surface area contributed by atoms with Crippen LogP contribution >= 0.6 is 10.7 Å². The highest BCUT2D eigenvalue weighted by Gasteiger charge is 2.19. The Hall–Kier alpha value is -1.60. The van der Waals surface area contributed by atoms with Crippen molar-refractivity contribution in [3.63, 3.8) is 0 Å². The van der Waals surface area contributed by atoms with Crippen molar-refractivity contribution < 1.29 is 17.7 Å². The van der Waals surface area contributed by atoms with Gasteiger partial charge in [0, 0.05) is 10.7 Å². The summed E-state index contributed by atoms with van der Waals surface area (Å²) in [7, 11) is 1.64. The summed E-state index contributed by atoms with van der Waals surface area (Å²) >= 11 is 0. The summed E-state index contributed by atoms with van der Waals surface area (Å²) in [6, 6.07) is 1.50. The number of aryl methyl sites for hydroxylation is 1. The van der Waals surface area contributed by atoms with Gasteiger partial charge in [0.1, 0.15) is 5.75 Å². The van der Waals surface area contributed by atoms with Gasteiger partial charge in [-0.25, -0.2) is 8.42 Å². The van der Waals surface area contributed by atoms with E-state index in [-0.39, 0.29) is 11.5 Å². The largest absolute Gasteiger partial charge is 0.485 e. The summed E-state index contributed by atoms with van der Waals surface area (Å²) in [5, 5.41) is 3.64. The average Bonchev–Trinajstić information content (AvgIpc) is 2.85. The third-order valence-electron chi connectivity index (χ3n) is 2.99. The van der Waals surface area contributed by atoms with Gasteiger partial charge in [0.25, 0.3) is 9.05 Å². The molecule has 0 spiro atoms. The first-order chi connectivity index (χ1) is 9.30. The van der Waals surface area contributed by atoms with Gasteiger partial charge in [-0.15, -0.1) is 0 Å². The Labute approximate surface area is 121 Å². The van der Waals surface area contributed by atoms with Crippen LogP contribution in [0, 0.1) is 20.8 Å². The number of rotatable bonds is 4. The van der Waals surface area contributed by atoms with Gasteiger partial charge < -0.3 is 9.26 Å². The highest BCUT2D eigenvalue weighted by Crippen LogP contribution is 2.32. The molecule has 1 aromatic heterocycles. The summed E-state index contributed by atoms with van der Waals surface area (Å²) in [6.45, 7) is 5.36. The number of benzene rings is 1. The zero-order valence-electron chi connectivity index (χ0n) is 11.2. The Bertz CT molecular complexity index is 726. The zero-order chi connectivity index (χ0) is 14.9. The second kappa shape index (κ2) is 5.41. The molecular weight excluding hydrogens is 304 g/mol. The molecule has 0 unspecified atom stereocenters. The van der Waals surface area contributed by atoms with Gasteiger partial charge in [-0.3, -0.25) is 0 Å². The minimum absolute atomic E-state index is 0.0982. The van der Waals surface area contributed by atoms with E-state index in [0.29, 0.717) is 28.3 Å². The minimum atomic E-state index is -3.78. The first-order valence-electron chi connectivity index (χ1n) is 5.74. The summed E-state index contributed by atoms with van der Waals surface area (Å²) < 4.78 is 33.3. The maximum absolute atomic E-state index is 11.5. The second-order valence-electron chi connectivity index (χ2n) is 4.34. The molecule has 0 aliphatic carbocycles. The van der Waals surface area contributed by atoms with Crippen molar-refractivity contribution in [3.8, 4) is 5.75 Å². The van der Waals surface area contributed by atoms with E-state index in [1.54, 1.807) is 20.8 Å². The number of hydrogen-bond donors (Lipinski definition) is 0. The van der Waals surface area contributed by atoms with Crippen molar-refractivity contribution in [2.45, 2.75) is 32.3 Å². The van der Waals surface area contributed by atoms with Crippen LogP contribution < -0.4 is 4.74 Å². The summed E-state index contributed by atoms with van der Waals surface area (Å²) in [5.41, 5.74) is 1.96. The molecule has 0 fully saturated rings. The Morgan fingerprint density at radius 2 is 2.00 bits per heavy atom. The lowest BCUT2D eigenvalue weighted by Crippen LogP contribution is -2.05.